The molecule has 1 atom stereocenters. The van der Waals surface area contributed by atoms with Gasteiger partial charge in [-0.15, -0.1) is 0 Å². The molecule has 0 fully saturated rings. The summed E-state index contributed by atoms with van der Waals surface area (Å²) in [4.78, 5) is 42.2. The van der Waals surface area contributed by atoms with Crippen molar-refractivity contribution in [1.82, 2.24) is 4.57 Å². The molecule has 244 valence electrons. The van der Waals surface area contributed by atoms with Crippen LogP contribution < -0.4 is 33.8 Å². The average Bonchev–Trinajstić information content (AvgIpc) is 3.38. The summed E-state index contributed by atoms with van der Waals surface area (Å²) in [5, 5.41) is 11.0. The monoisotopic (exact) mass is 723 g/mol. The normalized spacial score (nSPS) is 14.0. The van der Waals surface area contributed by atoms with Crippen LogP contribution in [-0.2, 0) is 16.1 Å². The smallest absolute Gasteiger partial charge is 0.337 e. The van der Waals surface area contributed by atoms with Crippen LogP contribution in [0.25, 0.3) is 6.08 Å². The lowest BCUT2D eigenvalue weighted by Crippen LogP contribution is -2.39. The summed E-state index contributed by atoms with van der Waals surface area (Å²) in [5.74, 6) is 1.26. The maximum Gasteiger partial charge on any atom is 0.337 e. The number of nitro benzene ring substituents is 1. The lowest BCUT2D eigenvalue weighted by atomic mass is 9.97. The van der Waals surface area contributed by atoms with E-state index < -0.39 is 16.9 Å². The van der Waals surface area contributed by atoms with E-state index in [0.29, 0.717) is 61.1 Å². The van der Waals surface area contributed by atoms with Crippen molar-refractivity contribution in [1.29, 1.82) is 0 Å². The van der Waals surface area contributed by atoms with Gasteiger partial charge in [-0.3, -0.25) is 19.5 Å². The van der Waals surface area contributed by atoms with Gasteiger partial charge in [0, 0.05) is 18.3 Å². The number of nitro groups is 1. The molecule has 5 rings (SSSR count). The number of thiazole rings is 1. The highest BCUT2D eigenvalue weighted by Crippen LogP contribution is 2.38. The second-order valence-electron chi connectivity index (χ2n) is 9.99. The maximum atomic E-state index is 14.0. The number of ether oxygens (including phenoxy) is 5. The molecular formula is C33H30BrN3O9S. The number of rotatable bonds is 12. The zero-order chi connectivity index (χ0) is 33.7. The summed E-state index contributed by atoms with van der Waals surface area (Å²) in [5.41, 5.74) is 1.83. The second-order valence-corrected chi connectivity index (χ2v) is 11.9. The van der Waals surface area contributed by atoms with Crippen molar-refractivity contribution in [2.24, 2.45) is 4.99 Å². The molecule has 0 aliphatic carbocycles. The summed E-state index contributed by atoms with van der Waals surface area (Å²) in [6.07, 6.45) is 3.14. The molecule has 0 radical (unpaired) electrons. The van der Waals surface area contributed by atoms with Crippen LogP contribution in [0.2, 0.25) is 0 Å². The minimum absolute atomic E-state index is 0.00951. The van der Waals surface area contributed by atoms with E-state index >= 15 is 0 Å². The van der Waals surface area contributed by atoms with E-state index in [0.717, 1.165) is 5.56 Å². The minimum atomic E-state index is -0.827. The molecule has 3 aromatic carbocycles. The number of nitrogens with zero attached hydrogens (tertiary/aromatic N) is 3. The molecule has 0 spiro atoms. The first-order valence-electron chi connectivity index (χ1n) is 14.4. The SMILES string of the molecule is CCOc1ccc([C@@H]2C(C(=O)OC)=CN=c3s/c(=C\c4cc(Br)c(OCc5ccc([N+](=O)[O-])cc5)c(OC)c4)c(=O)n32)cc1OCC. The highest BCUT2D eigenvalue weighted by atomic mass is 79.9. The van der Waals surface area contributed by atoms with E-state index in [4.69, 9.17) is 23.7 Å². The molecule has 2 heterocycles. The van der Waals surface area contributed by atoms with E-state index in [1.54, 1.807) is 48.5 Å². The van der Waals surface area contributed by atoms with Gasteiger partial charge < -0.3 is 23.7 Å². The molecular weight excluding hydrogens is 694 g/mol. The van der Waals surface area contributed by atoms with Crippen molar-refractivity contribution in [3.8, 4) is 23.0 Å². The summed E-state index contributed by atoms with van der Waals surface area (Å²) in [6.45, 7) is 4.71. The van der Waals surface area contributed by atoms with Crippen molar-refractivity contribution in [3.63, 3.8) is 0 Å². The molecule has 0 N–H and O–H groups in total. The van der Waals surface area contributed by atoms with Gasteiger partial charge in [-0.2, -0.15) is 0 Å². The van der Waals surface area contributed by atoms with Gasteiger partial charge in [0.2, 0.25) is 0 Å². The molecule has 0 saturated carbocycles. The molecule has 14 heteroatoms. The Morgan fingerprint density at radius 3 is 2.40 bits per heavy atom. The average molecular weight is 725 g/mol. The van der Waals surface area contributed by atoms with Crippen LogP contribution >= 0.6 is 27.3 Å². The van der Waals surface area contributed by atoms with E-state index in [1.807, 2.05) is 13.8 Å². The van der Waals surface area contributed by atoms with Crippen molar-refractivity contribution in [3.05, 3.63) is 117 Å². The number of carbonyl (C=O) groups is 1. The summed E-state index contributed by atoms with van der Waals surface area (Å²) in [7, 11) is 2.78. The Balaban J connectivity index is 1.53. The molecule has 47 heavy (non-hydrogen) atoms. The number of aromatic nitrogens is 1. The van der Waals surface area contributed by atoms with Gasteiger partial charge in [-0.05, 0) is 88.9 Å². The fourth-order valence-corrected chi connectivity index (χ4v) is 6.51. The van der Waals surface area contributed by atoms with Gasteiger partial charge in [0.1, 0.15) is 6.61 Å². The van der Waals surface area contributed by atoms with Gasteiger partial charge in [0.15, 0.2) is 27.8 Å². The molecule has 0 bridgehead atoms. The quantitative estimate of drug-likeness (QED) is 0.111. The topological polar surface area (TPSA) is 141 Å². The van der Waals surface area contributed by atoms with Crippen molar-refractivity contribution in [2.75, 3.05) is 27.4 Å². The standard InChI is InChI=1S/C33H30BrN3O9S/c1-5-44-25-12-9-21(16-26(25)45-6-2)29-23(32(39)43-4)17-35-33-36(29)31(38)28(47-33)15-20-13-24(34)30(27(14-20)42-3)46-18-19-7-10-22(11-8-19)37(40)41/h7-17,29H,5-6,18H2,1-4H3/b28-15-/t29-/m1/s1. The molecule has 1 aliphatic rings. The molecule has 0 unspecified atom stereocenters. The van der Waals surface area contributed by atoms with Gasteiger partial charge >= 0.3 is 5.97 Å². The number of hydrogen-bond donors (Lipinski definition) is 0. The molecule has 0 saturated heterocycles. The van der Waals surface area contributed by atoms with Crippen LogP contribution in [0.4, 0.5) is 5.69 Å². The fourth-order valence-electron chi connectivity index (χ4n) is 4.97. The Bertz CT molecular complexity index is 2040. The van der Waals surface area contributed by atoms with Crippen molar-refractivity contribution in [2.45, 2.75) is 26.5 Å². The summed E-state index contributed by atoms with van der Waals surface area (Å²) in [6, 6.07) is 14.1. The summed E-state index contributed by atoms with van der Waals surface area (Å²) < 4.78 is 30.6. The van der Waals surface area contributed by atoms with Gasteiger partial charge in [-0.25, -0.2) is 9.79 Å². The highest BCUT2D eigenvalue weighted by molar-refractivity contribution is 9.10. The minimum Gasteiger partial charge on any atom is -0.493 e. The molecule has 4 aromatic rings. The number of methoxy groups -OCH3 is 2. The van der Waals surface area contributed by atoms with E-state index in [2.05, 4.69) is 20.9 Å². The first-order chi connectivity index (χ1) is 22.7. The second kappa shape index (κ2) is 14.6. The zero-order valence-corrected chi connectivity index (χ0v) is 28.3. The third-order valence-electron chi connectivity index (χ3n) is 7.09. The van der Waals surface area contributed by atoms with Crippen molar-refractivity contribution < 1.29 is 33.4 Å². The van der Waals surface area contributed by atoms with E-state index in [-0.39, 0.29) is 23.4 Å². The highest BCUT2D eigenvalue weighted by Gasteiger charge is 2.31. The lowest BCUT2D eigenvalue weighted by Gasteiger charge is -2.23. The molecule has 1 aromatic heterocycles. The molecule has 12 nitrogen and oxygen atoms in total. The number of esters is 1. The van der Waals surface area contributed by atoms with Gasteiger partial charge in [0.25, 0.3) is 11.2 Å². The number of halogens is 1. The third kappa shape index (κ3) is 7.08. The van der Waals surface area contributed by atoms with E-state index in [1.165, 1.54) is 48.5 Å². The van der Waals surface area contributed by atoms with E-state index in [9.17, 15) is 19.7 Å². The summed E-state index contributed by atoms with van der Waals surface area (Å²) >= 11 is 4.72. The van der Waals surface area contributed by atoms with Crippen LogP contribution in [-0.4, -0.2) is 42.9 Å². The van der Waals surface area contributed by atoms with Crippen LogP contribution in [0.1, 0.15) is 36.6 Å². The number of non-ortho nitro benzene ring substituents is 1. The Kier molecular flexibility index (Phi) is 10.4. The Labute approximate surface area is 281 Å². The number of fused-ring (bicyclic) bond motifs is 1. The first-order valence-corrected chi connectivity index (χ1v) is 16.0. The zero-order valence-electron chi connectivity index (χ0n) is 25.9. The largest absolute Gasteiger partial charge is 0.493 e. The maximum absolute atomic E-state index is 14.0. The Hall–Kier alpha value is -4.95. The van der Waals surface area contributed by atoms with Crippen LogP contribution in [0.5, 0.6) is 23.0 Å². The van der Waals surface area contributed by atoms with Crippen LogP contribution in [0, 0.1) is 10.1 Å². The third-order valence-corrected chi connectivity index (χ3v) is 8.67. The first kappa shape index (κ1) is 33.4. The van der Waals surface area contributed by atoms with Crippen LogP contribution in [0.3, 0.4) is 0 Å². The van der Waals surface area contributed by atoms with Crippen LogP contribution in [0.15, 0.2) is 80.6 Å². The number of benzene rings is 3. The Morgan fingerprint density at radius 1 is 1.02 bits per heavy atom. The van der Waals surface area contributed by atoms with Gasteiger partial charge in [0.05, 0.1) is 53.0 Å². The fraction of sp³-hybridized carbons (Fsp3) is 0.242. The lowest BCUT2D eigenvalue weighted by molar-refractivity contribution is -0.384. The predicted octanol–water partition coefficient (Wildman–Crippen LogP) is 5.07. The number of hydrogen-bond acceptors (Lipinski definition) is 11. The molecule has 1 aliphatic heterocycles. The molecule has 0 amide bonds. The van der Waals surface area contributed by atoms with Crippen molar-refractivity contribution >= 4 is 45.0 Å². The van der Waals surface area contributed by atoms with Gasteiger partial charge in [-0.1, -0.05) is 17.4 Å². The number of carbonyl (C=O) groups excluding carboxylic acids is 1. The predicted molar refractivity (Wildman–Crippen MR) is 178 cm³/mol. The Morgan fingerprint density at radius 2 is 1.74 bits per heavy atom.